The van der Waals surface area contributed by atoms with E-state index in [0.717, 1.165) is 11.6 Å². The lowest BCUT2D eigenvalue weighted by atomic mass is 10.1. The zero-order valence-electron chi connectivity index (χ0n) is 20.6. The lowest BCUT2D eigenvalue weighted by molar-refractivity contribution is 0.0841. The Labute approximate surface area is 208 Å². The first-order valence-electron chi connectivity index (χ1n) is 12.0. The third-order valence-corrected chi connectivity index (χ3v) is 6.82. The van der Waals surface area contributed by atoms with Crippen molar-refractivity contribution < 1.29 is 13.6 Å². The predicted octanol–water partition coefficient (Wildman–Crippen LogP) is 4.73. The maximum atomic E-state index is 14.8. The van der Waals surface area contributed by atoms with E-state index in [1.807, 2.05) is 30.9 Å². The average molecular weight is 489 g/mol. The maximum Gasteiger partial charge on any atom is 0.283 e. The zero-order valence-corrected chi connectivity index (χ0v) is 20.6. The number of amides is 1. The highest BCUT2D eigenvalue weighted by molar-refractivity contribution is 6.18. The number of aromatic nitrogens is 2. The van der Waals surface area contributed by atoms with E-state index in [0.29, 0.717) is 41.8 Å². The van der Waals surface area contributed by atoms with Gasteiger partial charge in [-0.15, -0.1) is 0 Å². The Morgan fingerprint density at radius 1 is 1.19 bits per heavy atom. The second kappa shape index (κ2) is 8.86. The number of guanidine groups is 1. The van der Waals surface area contributed by atoms with Crippen LogP contribution in [0.1, 0.15) is 48.0 Å². The van der Waals surface area contributed by atoms with E-state index in [1.165, 1.54) is 12.1 Å². The molecule has 184 valence electrons. The molecular weight excluding hydrogens is 462 g/mol. The molecule has 1 aromatic heterocycles. The number of nitriles is 1. The molecular formula is C27H26F2N6O. The van der Waals surface area contributed by atoms with Gasteiger partial charge in [-0.05, 0) is 37.5 Å². The molecule has 0 unspecified atom stereocenters. The van der Waals surface area contributed by atoms with Gasteiger partial charge < -0.3 is 4.57 Å². The van der Waals surface area contributed by atoms with Gasteiger partial charge in [0.25, 0.3) is 5.91 Å². The van der Waals surface area contributed by atoms with Crippen LogP contribution >= 0.6 is 0 Å². The summed E-state index contributed by atoms with van der Waals surface area (Å²) in [4.78, 5) is 26.8. The van der Waals surface area contributed by atoms with Crippen LogP contribution in [0.15, 0.2) is 41.4 Å². The monoisotopic (exact) mass is 488 g/mol. The van der Waals surface area contributed by atoms with Gasteiger partial charge >= 0.3 is 0 Å². The van der Waals surface area contributed by atoms with Crippen molar-refractivity contribution in [2.45, 2.75) is 40.3 Å². The van der Waals surface area contributed by atoms with Gasteiger partial charge in [-0.25, -0.2) is 18.8 Å². The molecule has 0 aliphatic carbocycles. The van der Waals surface area contributed by atoms with Crippen molar-refractivity contribution in [2.75, 3.05) is 18.0 Å². The van der Waals surface area contributed by atoms with E-state index in [9.17, 15) is 18.8 Å². The molecule has 2 aromatic carbocycles. The minimum absolute atomic E-state index is 0.0216. The largest absolute Gasteiger partial charge is 0.305 e. The molecule has 0 radical (unpaired) electrons. The summed E-state index contributed by atoms with van der Waals surface area (Å²) in [7, 11) is 0. The molecule has 0 spiro atoms. The Balaban J connectivity index is 1.75. The van der Waals surface area contributed by atoms with E-state index < -0.39 is 11.6 Å². The van der Waals surface area contributed by atoms with Crippen molar-refractivity contribution in [1.29, 1.82) is 5.26 Å². The molecule has 0 saturated heterocycles. The molecule has 5 rings (SSSR count). The van der Waals surface area contributed by atoms with E-state index in [1.54, 1.807) is 15.5 Å². The summed E-state index contributed by atoms with van der Waals surface area (Å²) < 4.78 is 30.2. The topological polar surface area (TPSA) is 77.5 Å². The molecule has 1 amide bonds. The van der Waals surface area contributed by atoms with Gasteiger partial charge in [0.15, 0.2) is 5.69 Å². The van der Waals surface area contributed by atoms with Gasteiger partial charge in [-0.1, -0.05) is 32.0 Å². The van der Waals surface area contributed by atoms with Crippen molar-refractivity contribution >= 4 is 17.7 Å². The normalized spacial score (nSPS) is 16.8. The Morgan fingerprint density at radius 3 is 2.64 bits per heavy atom. The van der Waals surface area contributed by atoms with Crippen molar-refractivity contribution in [1.82, 2.24) is 14.5 Å². The van der Waals surface area contributed by atoms with Crippen molar-refractivity contribution in [2.24, 2.45) is 10.9 Å². The van der Waals surface area contributed by atoms with Crippen LogP contribution in [-0.4, -0.2) is 45.4 Å². The van der Waals surface area contributed by atoms with Gasteiger partial charge in [0, 0.05) is 23.7 Å². The number of aryl methyl sites for hydroxylation is 1. The third kappa shape index (κ3) is 3.73. The second-order valence-electron chi connectivity index (χ2n) is 9.47. The third-order valence-electron chi connectivity index (χ3n) is 6.82. The number of carbonyl (C=O) groups is 1. The maximum absolute atomic E-state index is 14.8. The van der Waals surface area contributed by atoms with E-state index >= 15 is 0 Å². The van der Waals surface area contributed by atoms with E-state index in [-0.39, 0.29) is 35.7 Å². The highest BCUT2D eigenvalue weighted by atomic mass is 19.1. The molecule has 3 aromatic rings. The quantitative estimate of drug-likeness (QED) is 0.520. The highest BCUT2D eigenvalue weighted by Gasteiger charge is 2.44. The highest BCUT2D eigenvalue weighted by Crippen LogP contribution is 2.38. The molecule has 0 saturated carbocycles. The minimum atomic E-state index is -0.683. The van der Waals surface area contributed by atoms with Crippen molar-refractivity contribution in [3.05, 3.63) is 70.4 Å². The predicted molar refractivity (Wildman–Crippen MR) is 133 cm³/mol. The van der Waals surface area contributed by atoms with Crippen LogP contribution in [0.4, 0.5) is 14.6 Å². The lowest BCUT2D eigenvalue weighted by Crippen LogP contribution is -2.50. The molecule has 36 heavy (non-hydrogen) atoms. The number of fused-ring (bicyclic) bond motifs is 3. The summed E-state index contributed by atoms with van der Waals surface area (Å²) in [5.74, 6) is 0.146. The summed E-state index contributed by atoms with van der Waals surface area (Å²) >= 11 is 0. The fourth-order valence-electron chi connectivity index (χ4n) is 4.72. The first kappa shape index (κ1) is 23.7. The van der Waals surface area contributed by atoms with Crippen LogP contribution in [0.3, 0.4) is 0 Å². The number of nitrogens with zero attached hydrogens (tertiary/aromatic N) is 6. The van der Waals surface area contributed by atoms with Gasteiger partial charge in [-0.2, -0.15) is 5.26 Å². The van der Waals surface area contributed by atoms with Gasteiger partial charge in [-0.3, -0.25) is 14.6 Å². The number of carbonyl (C=O) groups excluding carboxylic acids is 1. The Bertz CT molecular complexity index is 1450. The molecule has 2 aliphatic heterocycles. The summed E-state index contributed by atoms with van der Waals surface area (Å²) in [6.45, 7) is 8.90. The lowest BCUT2D eigenvalue weighted by Gasteiger charge is -2.33. The van der Waals surface area contributed by atoms with Crippen molar-refractivity contribution in [3.63, 3.8) is 0 Å². The summed E-state index contributed by atoms with van der Waals surface area (Å²) in [6, 6.07) is 11.0. The zero-order chi connectivity index (χ0) is 25.7. The first-order chi connectivity index (χ1) is 17.2. The SMILES string of the molecule is CCN1C(=O)c2nc(-c3ccc(C)c(C#N)c3)n(Cc3ccc(F)cc3F)c2N2C[C@@H](C(C)C)N=C12. The van der Waals surface area contributed by atoms with Gasteiger partial charge in [0.1, 0.15) is 23.3 Å². The van der Waals surface area contributed by atoms with Gasteiger partial charge in [0.05, 0.1) is 30.8 Å². The van der Waals surface area contributed by atoms with Crippen molar-refractivity contribution in [3.8, 4) is 17.5 Å². The number of hydrogen-bond donors (Lipinski definition) is 0. The average Bonchev–Trinajstić information content (AvgIpc) is 3.44. The van der Waals surface area contributed by atoms with Crippen LogP contribution in [0.2, 0.25) is 0 Å². The molecule has 7 nitrogen and oxygen atoms in total. The number of anilines is 1. The van der Waals surface area contributed by atoms with E-state index in [4.69, 9.17) is 9.98 Å². The van der Waals surface area contributed by atoms with Crippen LogP contribution in [-0.2, 0) is 6.54 Å². The first-order valence-corrected chi connectivity index (χ1v) is 12.0. The standard InChI is InChI=1S/C27H26F2N6O/c1-5-33-26(36)23-25(35-14-22(15(2)3)31-27(33)35)34(13-18-8-9-20(28)11-21(18)29)24(32-23)17-7-6-16(4)19(10-17)12-30/h6-11,15,22H,5,13-14H2,1-4H3/t22-/m0/s1. The van der Waals surface area contributed by atoms with Gasteiger partial charge in [0.2, 0.25) is 5.96 Å². The smallest absolute Gasteiger partial charge is 0.283 e. The number of imidazole rings is 1. The molecule has 3 heterocycles. The summed E-state index contributed by atoms with van der Waals surface area (Å²) in [5, 5.41) is 9.58. The molecule has 0 fully saturated rings. The Morgan fingerprint density at radius 2 is 1.97 bits per heavy atom. The summed E-state index contributed by atoms with van der Waals surface area (Å²) in [5.41, 5.74) is 2.43. The molecule has 1 atom stereocenters. The van der Waals surface area contributed by atoms with Crippen LogP contribution in [0.25, 0.3) is 11.4 Å². The van der Waals surface area contributed by atoms with Crippen LogP contribution in [0.5, 0.6) is 0 Å². The molecule has 0 bridgehead atoms. The van der Waals surface area contributed by atoms with Crippen LogP contribution < -0.4 is 4.90 Å². The number of halogens is 2. The second-order valence-corrected chi connectivity index (χ2v) is 9.47. The Kier molecular flexibility index (Phi) is 5.83. The minimum Gasteiger partial charge on any atom is -0.305 e. The molecule has 0 N–H and O–H groups in total. The summed E-state index contributed by atoms with van der Waals surface area (Å²) in [6.07, 6.45) is 0. The number of hydrogen-bond acceptors (Lipinski definition) is 5. The molecule has 2 aliphatic rings. The number of rotatable bonds is 5. The fourth-order valence-corrected chi connectivity index (χ4v) is 4.72. The Hall–Kier alpha value is -4.06. The number of benzene rings is 2. The fraction of sp³-hybridized carbons (Fsp3) is 0.333. The number of aliphatic imine (C=N–C) groups is 1. The molecule has 9 heteroatoms. The van der Waals surface area contributed by atoms with Crippen LogP contribution in [0, 0.1) is 35.8 Å². The van der Waals surface area contributed by atoms with E-state index in [2.05, 4.69) is 19.9 Å².